The van der Waals surface area contributed by atoms with Crippen molar-refractivity contribution in [2.45, 2.75) is 59.3 Å². The molecule has 2 rings (SSSR count). The van der Waals surface area contributed by atoms with Crippen LogP contribution in [0, 0.1) is 12.8 Å². The number of hydrogen-bond donors (Lipinski definition) is 2. The highest BCUT2D eigenvalue weighted by molar-refractivity contribution is 5.96. The van der Waals surface area contributed by atoms with Crippen LogP contribution in [-0.2, 0) is 4.79 Å². The quantitative estimate of drug-likeness (QED) is 0.839. The number of nitrogens with zero attached hydrogens (tertiary/aromatic N) is 2. The van der Waals surface area contributed by atoms with Crippen molar-refractivity contribution in [3.05, 3.63) is 17.0 Å². The van der Waals surface area contributed by atoms with Gasteiger partial charge in [-0.05, 0) is 38.0 Å². The third-order valence-corrected chi connectivity index (χ3v) is 4.61. The Labute approximate surface area is 144 Å². The predicted octanol–water partition coefficient (Wildman–Crippen LogP) is 2.61. The van der Waals surface area contributed by atoms with Gasteiger partial charge in [0.25, 0.3) is 5.91 Å². The normalized spacial score (nSPS) is 18.0. The Kier molecular flexibility index (Phi) is 6.40. The minimum absolute atomic E-state index is 0.0644. The number of rotatable bonds is 6. The lowest BCUT2D eigenvalue weighted by atomic mass is 9.96. The number of nitrogens with one attached hydrogen (secondary N) is 2. The van der Waals surface area contributed by atoms with E-state index in [1.165, 1.54) is 0 Å². The SMILES string of the molecule is CCCC(=O)NCC1CCCN(C(=O)c2c(C(C)C)n[nH]c2C)C1. The van der Waals surface area contributed by atoms with Crippen molar-refractivity contribution in [3.63, 3.8) is 0 Å². The van der Waals surface area contributed by atoms with Gasteiger partial charge in [0, 0.05) is 31.7 Å². The van der Waals surface area contributed by atoms with Crippen LogP contribution in [0.1, 0.15) is 74.1 Å². The predicted molar refractivity (Wildman–Crippen MR) is 94.0 cm³/mol. The molecule has 2 amide bonds. The summed E-state index contributed by atoms with van der Waals surface area (Å²) in [4.78, 5) is 26.5. The summed E-state index contributed by atoms with van der Waals surface area (Å²) in [7, 11) is 0. The molecule has 1 saturated heterocycles. The fourth-order valence-corrected chi connectivity index (χ4v) is 3.28. The van der Waals surface area contributed by atoms with Gasteiger partial charge in [-0.3, -0.25) is 14.7 Å². The molecule has 134 valence electrons. The molecule has 1 aromatic rings. The first-order chi connectivity index (χ1) is 11.4. The number of hydrogen-bond acceptors (Lipinski definition) is 3. The summed E-state index contributed by atoms with van der Waals surface area (Å²) in [5, 5.41) is 10.2. The maximum absolute atomic E-state index is 13.0. The number of amides is 2. The van der Waals surface area contributed by atoms with Crippen LogP contribution in [0.4, 0.5) is 0 Å². The molecule has 0 saturated carbocycles. The van der Waals surface area contributed by atoms with Gasteiger partial charge in [-0.1, -0.05) is 20.8 Å². The van der Waals surface area contributed by atoms with Crippen LogP contribution < -0.4 is 5.32 Å². The van der Waals surface area contributed by atoms with Crippen LogP contribution in [0.5, 0.6) is 0 Å². The van der Waals surface area contributed by atoms with Gasteiger partial charge in [0.05, 0.1) is 11.3 Å². The minimum Gasteiger partial charge on any atom is -0.356 e. The molecule has 1 fully saturated rings. The zero-order chi connectivity index (χ0) is 17.7. The molecule has 6 heteroatoms. The first-order valence-electron chi connectivity index (χ1n) is 9.04. The van der Waals surface area contributed by atoms with E-state index in [2.05, 4.69) is 29.4 Å². The van der Waals surface area contributed by atoms with E-state index in [1.54, 1.807) is 0 Å². The van der Waals surface area contributed by atoms with Crippen LogP contribution in [0.15, 0.2) is 0 Å². The smallest absolute Gasteiger partial charge is 0.257 e. The van der Waals surface area contributed by atoms with Gasteiger partial charge in [-0.25, -0.2) is 0 Å². The first kappa shape index (κ1) is 18.5. The molecule has 0 spiro atoms. The molecule has 24 heavy (non-hydrogen) atoms. The van der Waals surface area contributed by atoms with E-state index in [9.17, 15) is 9.59 Å². The molecule has 1 atom stereocenters. The largest absolute Gasteiger partial charge is 0.356 e. The van der Waals surface area contributed by atoms with Gasteiger partial charge < -0.3 is 10.2 Å². The molecule has 1 aromatic heterocycles. The van der Waals surface area contributed by atoms with Crippen molar-refractivity contribution in [1.82, 2.24) is 20.4 Å². The van der Waals surface area contributed by atoms with E-state index in [0.29, 0.717) is 25.4 Å². The van der Waals surface area contributed by atoms with Crippen LogP contribution >= 0.6 is 0 Å². The van der Waals surface area contributed by atoms with E-state index in [4.69, 9.17) is 0 Å². The van der Waals surface area contributed by atoms with E-state index in [0.717, 1.165) is 42.8 Å². The summed E-state index contributed by atoms with van der Waals surface area (Å²) >= 11 is 0. The Morgan fingerprint density at radius 1 is 1.42 bits per heavy atom. The number of piperidine rings is 1. The number of H-pyrrole nitrogens is 1. The van der Waals surface area contributed by atoms with Gasteiger partial charge in [0.1, 0.15) is 0 Å². The van der Waals surface area contributed by atoms with Crippen LogP contribution in [-0.4, -0.2) is 46.5 Å². The van der Waals surface area contributed by atoms with Crippen molar-refractivity contribution in [1.29, 1.82) is 0 Å². The highest BCUT2D eigenvalue weighted by Crippen LogP contribution is 2.24. The van der Waals surface area contributed by atoms with E-state index >= 15 is 0 Å². The Morgan fingerprint density at radius 3 is 2.83 bits per heavy atom. The zero-order valence-electron chi connectivity index (χ0n) is 15.3. The second-order valence-corrected chi connectivity index (χ2v) is 7.08. The van der Waals surface area contributed by atoms with Crippen LogP contribution in [0.2, 0.25) is 0 Å². The van der Waals surface area contributed by atoms with Crippen molar-refractivity contribution >= 4 is 11.8 Å². The lowest BCUT2D eigenvalue weighted by Gasteiger charge is -2.33. The second-order valence-electron chi connectivity index (χ2n) is 7.08. The first-order valence-corrected chi connectivity index (χ1v) is 9.04. The molecule has 6 nitrogen and oxygen atoms in total. The Balaban J connectivity index is 2.00. The molecule has 2 N–H and O–H groups in total. The summed E-state index contributed by atoms with van der Waals surface area (Å²) in [6, 6.07) is 0. The Bertz CT molecular complexity index is 580. The summed E-state index contributed by atoms with van der Waals surface area (Å²) in [5.74, 6) is 0.712. The van der Waals surface area contributed by atoms with Crippen LogP contribution in [0.25, 0.3) is 0 Å². The van der Waals surface area contributed by atoms with Gasteiger partial charge in [-0.15, -0.1) is 0 Å². The zero-order valence-corrected chi connectivity index (χ0v) is 15.3. The van der Waals surface area contributed by atoms with Gasteiger partial charge in [0.2, 0.25) is 5.91 Å². The highest BCUT2D eigenvalue weighted by Gasteiger charge is 2.29. The molecule has 0 aromatic carbocycles. The highest BCUT2D eigenvalue weighted by atomic mass is 16.2. The summed E-state index contributed by atoms with van der Waals surface area (Å²) in [6.45, 7) is 10.1. The molecular weight excluding hydrogens is 304 g/mol. The van der Waals surface area contributed by atoms with E-state index < -0.39 is 0 Å². The van der Waals surface area contributed by atoms with Crippen molar-refractivity contribution in [3.8, 4) is 0 Å². The third-order valence-electron chi connectivity index (χ3n) is 4.61. The average molecular weight is 334 g/mol. The van der Waals surface area contributed by atoms with Crippen molar-refractivity contribution in [2.24, 2.45) is 5.92 Å². The molecule has 1 aliphatic rings. The Morgan fingerprint density at radius 2 is 2.17 bits per heavy atom. The van der Waals surface area contributed by atoms with Crippen molar-refractivity contribution < 1.29 is 9.59 Å². The fraction of sp³-hybridized carbons (Fsp3) is 0.722. The summed E-state index contributed by atoms with van der Waals surface area (Å²) < 4.78 is 0. The third kappa shape index (κ3) is 4.36. The molecular formula is C18H30N4O2. The standard InChI is InChI=1S/C18H30N4O2/c1-5-7-15(23)19-10-14-8-6-9-22(11-14)18(24)16-13(4)20-21-17(16)12(2)3/h12,14H,5-11H2,1-4H3,(H,19,23)(H,20,21). The number of carbonyl (C=O) groups excluding carboxylic acids is 2. The maximum Gasteiger partial charge on any atom is 0.257 e. The van der Waals surface area contributed by atoms with Crippen molar-refractivity contribution in [2.75, 3.05) is 19.6 Å². The molecule has 1 unspecified atom stereocenters. The topological polar surface area (TPSA) is 78.1 Å². The lowest BCUT2D eigenvalue weighted by molar-refractivity contribution is -0.121. The average Bonchev–Trinajstić information content (AvgIpc) is 2.95. The van der Waals surface area contributed by atoms with Gasteiger partial charge in [0.15, 0.2) is 0 Å². The minimum atomic E-state index is 0.0644. The molecule has 0 bridgehead atoms. The maximum atomic E-state index is 13.0. The lowest BCUT2D eigenvalue weighted by Crippen LogP contribution is -2.44. The number of aromatic amines is 1. The fourth-order valence-electron chi connectivity index (χ4n) is 3.28. The molecule has 2 heterocycles. The molecule has 0 aliphatic carbocycles. The van der Waals surface area contributed by atoms with Gasteiger partial charge in [-0.2, -0.15) is 5.10 Å². The summed E-state index contributed by atoms with van der Waals surface area (Å²) in [5.41, 5.74) is 2.40. The van der Waals surface area contributed by atoms with Gasteiger partial charge >= 0.3 is 0 Å². The number of carbonyl (C=O) groups is 2. The Hall–Kier alpha value is -1.85. The second kappa shape index (κ2) is 8.31. The van der Waals surface area contributed by atoms with Crippen LogP contribution in [0.3, 0.4) is 0 Å². The molecule has 1 aliphatic heterocycles. The number of aromatic nitrogens is 2. The summed E-state index contributed by atoms with van der Waals surface area (Å²) in [6.07, 6.45) is 3.46. The number of likely N-dealkylation sites (tertiary alicyclic amines) is 1. The number of aryl methyl sites for hydroxylation is 1. The monoisotopic (exact) mass is 334 g/mol. The van der Waals surface area contributed by atoms with E-state index in [-0.39, 0.29) is 17.7 Å². The molecule has 0 radical (unpaired) electrons. The van der Waals surface area contributed by atoms with E-state index in [1.807, 2.05) is 18.7 Å².